The summed E-state index contributed by atoms with van der Waals surface area (Å²) in [6.45, 7) is 2.70. The molecule has 1 heteroatoms. The van der Waals surface area contributed by atoms with Gasteiger partial charge >= 0.3 is 0 Å². The molecule has 0 aromatic rings. The lowest BCUT2D eigenvalue weighted by Gasteiger charge is -1.92. The Hall–Kier alpha value is -0.900. The molecule has 1 nitrogen and oxygen atoms in total. The fourth-order valence-corrected chi connectivity index (χ4v) is 0.626. The lowest BCUT2D eigenvalue weighted by molar-refractivity contribution is 0.282. The van der Waals surface area contributed by atoms with Crippen LogP contribution in [0.2, 0.25) is 0 Å². The summed E-state index contributed by atoms with van der Waals surface area (Å²) in [6.07, 6.45) is 6.59. The van der Waals surface area contributed by atoms with Crippen molar-refractivity contribution in [2.75, 3.05) is 6.61 Å². The molecule has 0 aromatic heterocycles. The summed E-state index contributed by atoms with van der Waals surface area (Å²) >= 11 is 0. The van der Waals surface area contributed by atoms with E-state index in [2.05, 4.69) is 12.0 Å². The highest BCUT2D eigenvalue weighted by atomic mass is 16.5. The zero-order chi connectivity index (χ0) is 5.82. The zero-order valence-corrected chi connectivity index (χ0v) is 4.85. The van der Waals surface area contributed by atoms with E-state index in [1.165, 1.54) is 0 Å². The first-order valence-corrected chi connectivity index (χ1v) is 2.68. The molecule has 0 bridgehead atoms. The standard InChI is InChI=1S/C7H8O/c1-2-3-7-4-5-8-6-7/h2-3,7H,6H2,1H3/b3-2-/t7-/m1/s1. The SMILES string of the molecule is C/C=C\[C@@H]1C#COC1. The first-order valence-electron chi connectivity index (χ1n) is 2.68. The van der Waals surface area contributed by atoms with E-state index in [9.17, 15) is 0 Å². The van der Waals surface area contributed by atoms with Crippen LogP contribution < -0.4 is 0 Å². The summed E-state index contributed by atoms with van der Waals surface area (Å²) in [7, 11) is 0. The van der Waals surface area contributed by atoms with Gasteiger partial charge < -0.3 is 4.74 Å². The van der Waals surface area contributed by atoms with E-state index in [0.717, 1.165) is 0 Å². The Bertz CT molecular complexity index is 148. The quantitative estimate of drug-likeness (QED) is 0.362. The van der Waals surface area contributed by atoms with Crippen molar-refractivity contribution >= 4 is 0 Å². The van der Waals surface area contributed by atoms with Gasteiger partial charge in [0, 0.05) is 0 Å². The number of allylic oxidation sites excluding steroid dienone is 1. The van der Waals surface area contributed by atoms with Crippen LogP contribution in [0.5, 0.6) is 0 Å². The Morgan fingerprint density at radius 2 is 2.62 bits per heavy atom. The van der Waals surface area contributed by atoms with E-state index in [-0.39, 0.29) is 0 Å². The molecule has 0 aromatic carbocycles. The highest BCUT2D eigenvalue weighted by Crippen LogP contribution is 2.01. The third-order valence-corrected chi connectivity index (χ3v) is 1.00. The smallest absolute Gasteiger partial charge is 0.117 e. The minimum Gasteiger partial charge on any atom is -0.445 e. The summed E-state index contributed by atoms with van der Waals surface area (Å²) in [5.41, 5.74) is 0. The van der Waals surface area contributed by atoms with Gasteiger partial charge in [0.15, 0.2) is 0 Å². The summed E-state index contributed by atoms with van der Waals surface area (Å²) in [6, 6.07) is 0. The molecule has 0 unspecified atom stereocenters. The summed E-state index contributed by atoms with van der Waals surface area (Å²) in [5.74, 6) is 3.25. The molecule has 0 aliphatic carbocycles. The average molecular weight is 108 g/mol. The molecule has 0 fully saturated rings. The van der Waals surface area contributed by atoms with Crippen molar-refractivity contribution < 1.29 is 4.74 Å². The van der Waals surface area contributed by atoms with Gasteiger partial charge in [-0.3, -0.25) is 0 Å². The highest BCUT2D eigenvalue weighted by Gasteiger charge is 2.03. The molecule has 42 valence electrons. The second-order valence-corrected chi connectivity index (χ2v) is 1.69. The van der Waals surface area contributed by atoms with E-state index < -0.39 is 0 Å². The summed E-state index contributed by atoms with van der Waals surface area (Å²) in [4.78, 5) is 0. The van der Waals surface area contributed by atoms with E-state index in [1.54, 1.807) is 0 Å². The first-order chi connectivity index (χ1) is 3.93. The van der Waals surface area contributed by atoms with Crippen molar-refractivity contribution in [2.24, 2.45) is 5.92 Å². The van der Waals surface area contributed by atoms with Gasteiger partial charge in [0.05, 0.1) is 5.92 Å². The van der Waals surface area contributed by atoms with Crippen molar-refractivity contribution in [2.45, 2.75) is 6.92 Å². The van der Waals surface area contributed by atoms with E-state index in [4.69, 9.17) is 4.74 Å². The van der Waals surface area contributed by atoms with Crippen LogP contribution in [0.4, 0.5) is 0 Å². The minimum absolute atomic E-state index is 0.347. The highest BCUT2D eigenvalue weighted by molar-refractivity contribution is 5.11. The lowest BCUT2D eigenvalue weighted by atomic mass is 10.2. The Kier molecular flexibility index (Phi) is 1.58. The van der Waals surface area contributed by atoms with Gasteiger partial charge in [0.2, 0.25) is 0 Å². The molecular weight excluding hydrogens is 100 g/mol. The zero-order valence-electron chi connectivity index (χ0n) is 4.85. The predicted molar refractivity (Wildman–Crippen MR) is 32.0 cm³/mol. The van der Waals surface area contributed by atoms with Crippen LogP contribution in [0.1, 0.15) is 6.92 Å². The molecular formula is C7H8O. The number of ether oxygens (including phenoxy) is 1. The second-order valence-electron chi connectivity index (χ2n) is 1.69. The first kappa shape index (κ1) is 5.24. The van der Waals surface area contributed by atoms with Crippen LogP contribution >= 0.6 is 0 Å². The van der Waals surface area contributed by atoms with Crippen molar-refractivity contribution in [1.82, 2.24) is 0 Å². The van der Waals surface area contributed by atoms with Crippen LogP contribution in [0.15, 0.2) is 12.2 Å². The molecule has 1 rings (SSSR count). The van der Waals surface area contributed by atoms with Crippen LogP contribution in [0, 0.1) is 17.9 Å². The van der Waals surface area contributed by atoms with Crippen molar-refractivity contribution in [3.8, 4) is 12.0 Å². The van der Waals surface area contributed by atoms with E-state index in [0.29, 0.717) is 12.5 Å². The molecule has 1 atom stereocenters. The van der Waals surface area contributed by atoms with Gasteiger partial charge in [0.1, 0.15) is 12.7 Å². The Labute approximate surface area is 49.3 Å². The maximum absolute atomic E-state index is 4.80. The molecule has 1 aliphatic heterocycles. The molecule has 0 spiro atoms. The van der Waals surface area contributed by atoms with Gasteiger partial charge in [-0.05, 0) is 12.8 Å². The monoisotopic (exact) mass is 108 g/mol. The molecule has 0 saturated heterocycles. The van der Waals surface area contributed by atoms with Crippen LogP contribution in [0.3, 0.4) is 0 Å². The molecule has 1 heterocycles. The maximum Gasteiger partial charge on any atom is 0.117 e. The normalized spacial score (nSPS) is 24.9. The molecule has 0 saturated carbocycles. The largest absolute Gasteiger partial charge is 0.445 e. The molecule has 1 aliphatic rings. The van der Waals surface area contributed by atoms with Gasteiger partial charge in [0.25, 0.3) is 0 Å². The van der Waals surface area contributed by atoms with E-state index >= 15 is 0 Å². The number of hydrogen-bond donors (Lipinski definition) is 0. The topological polar surface area (TPSA) is 9.23 Å². The summed E-state index contributed by atoms with van der Waals surface area (Å²) < 4.78 is 4.80. The lowest BCUT2D eigenvalue weighted by Crippen LogP contribution is -1.93. The number of rotatable bonds is 1. The summed E-state index contributed by atoms with van der Waals surface area (Å²) in [5, 5.41) is 0. The van der Waals surface area contributed by atoms with Crippen molar-refractivity contribution in [1.29, 1.82) is 0 Å². The van der Waals surface area contributed by atoms with Crippen LogP contribution in [0.25, 0.3) is 0 Å². The van der Waals surface area contributed by atoms with Gasteiger partial charge in [-0.25, -0.2) is 0 Å². The molecule has 0 radical (unpaired) electrons. The van der Waals surface area contributed by atoms with E-state index in [1.807, 2.05) is 19.1 Å². The van der Waals surface area contributed by atoms with Gasteiger partial charge in [-0.2, -0.15) is 0 Å². The number of hydrogen-bond acceptors (Lipinski definition) is 1. The van der Waals surface area contributed by atoms with Crippen LogP contribution in [-0.4, -0.2) is 6.61 Å². The predicted octanol–water partition coefficient (Wildman–Crippen LogP) is 1.17. The van der Waals surface area contributed by atoms with Crippen molar-refractivity contribution in [3.63, 3.8) is 0 Å². The van der Waals surface area contributed by atoms with Crippen molar-refractivity contribution in [3.05, 3.63) is 12.2 Å². The molecule has 8 heavy (non-hydrogen) atoms. The Morgan fingerprint density at radius 1 is 1.75 bits per heavy atom. The molecule has 0 amide bonds. The fraction of sp³-hybridized carbons (Fsp3) is 0.429. The Balaban J connectivity index is 2.41. The minimum atomic E-state index is 0.347. The Morgan fingerprint density at radius 3 is 3.12 bits per heavy atom. The second kappa shape index (κ2) is 2.42. The third-order valence-electron chi connectivity index (χ3n) is 1.00. The maximum atomic E-state index is 4.80. The van der Waals surface area contributed by atoms with Gasteiger partial charge in [-0.15, -0.1) is 0 Å². The fourth-order valence-electron chi connectivity index (χ4n) is 0.626. The molecule has 0 N–H and O–H groups in total. The van der Waals surface area contributed by atoms with Crippen LogP contribution in [-0.2, 0) is 4.74 Å². The third kappa shape index (κ3) is 1.04. The average Bonchev–Trinajstić information content (AvgIpc) is 2.19. The van der Waals surface area contributed by atoms with Gasteiger partial charge in [-0.1, -0.05) is 12.2 Å².